The van der Waals surface area contributed by atoms with Crippen LogP contribution in [0.15, 0.2) is 29.2 Å². The summed E-state index contributed by atoms with van der Waals surface area (Å²) in [4.78, 5) is 1.08. The Hall–Kier alpha value is -1.05. The molecule has 2 atom stereocenters. The second-order valence-corrected chi connectivity index (χ2v) is 6.78. The van der Waals surface area contributed by atoms with Crippen molar-refractivity contribution in [2.45, 2.75) is 54.7 Å². The van der Waals surface area contributed by atoms with Crippen LogP contribution in [-0.2, 0) is 0 Å². The smallest absolute Gasteiger partial charge is 0.123 e. The first-order chi connectivity index (χ1) is 9.67. The van der Waals surface area contributed by atoms with E-state index in [0.29, 0.717) is 5.25 Å². The van der Waals surface area contributed by atoms with Crippen LogP contribution < -0.4 is 5.32 Å². The van der Waals surface area contributed by atoms with Crippen molar-refractivity contribution in [2.75, 3.05) is 6.54 Å². The van der Waals surface area contributed by atoms with E-state index >= 15 is 0 Å². The fraction of sp³-hybridized carbons (Fsp3) is 0.562. The van der Waals surface area contributed by atoms with Gasteiger partial charge in [-0.15, -0.1) is 11.8 Å². The van der Waals surface area contributed by atoms with Crippen LogP contribution in [0.25, 0.3) is 0 Å². The summed E-state index contributed by atoms with van der Waals surface area (Å²) in [6.07, 6.45) is 5.04. The van der Waals surface area contributed by atoms with Crippen LogP contribution in [0.5, 0.6) is 0 Å². The average molecular weight is 292 g/mol. The molecule has 1 fully saturated rings. The summed E-state index contributed by atoms with van der Waals surface area (Å²) >= 11 is 1.77. The molecule has 108 valence electrons. The van der Waals surface area contributed by atoms with Gasteiger partial charge in [0.15, 0.2) is 0 Å². The normalized spacial score (nSPS) is 26.1. The predicted molar refractivity (Wildman–Crippen MR) is 81.2 cm³/mol. The zero-order valence-electron chi connectivity index (χ0n) is 11.9. The quantitative estimate of drug-likeness (QED) is 0.886. The first kappa shape index (κ1) is 15.3. The lowest BCUT2D eigenvalue weighted by atomic mass is 9.82. The van der Waals surface area contributed by atoms with Gasteiger partial charge in [-0.3, -0.25) is 5.32 Å². The van der Waals surface area contributed by atoms with Crippen LogP contribution in [0.1, 0.15) is 39.0 Å². The molecule has 2 unspecified atom stereocenters. The largest absolute Gasteiger partial charge is 0.299 e. The lowest BCUT2D eigenvalue weighted by Gasteiger charge is -2.36. The molecule has 0 bridgehead atoms. The van der Waals surface area contributed by atoms with Crippen molar-refractivity contribution in [3.8, 4) is 6.07 Å². The third-order valence-corrected chi connectivity index (χ3v) is 5.03. The summed E-state index contributed by atoms with van der Waals surface area (Å²) < 4.78 is 12.9. The van der Waals surface area contributed by atoms with Gasteiger partial charge in [0, 0.05) is 10.1 Å². The Morgan fingerprint density at radius 2 is 2.20 bits per heavy atom. The van der Waals surface area contributed by atoms with Crippen LogP contribution in [0, 0.1) is 17.1 Å². The van der Waals surface area contributed by atoms with Gasteiger partial charge in [-0.2, -0.15) is 5.26 Å². The maximum atomic E-state index is 12.9. The van der Waals surface area contributed by atoms with Crippen molar-refractivity contribution in [1.29, 1.82) is 5.26 Å². The van der Waals surface area contributed by atoms with Gasteiger partial charge in [0.05, 0.1) is 6.07 Å². The van der Waals surface area contributed by atoms with Crippen LogP contribution in [0.3, 0.4) is 0 Å². The van der Waals surface area contributed by atoms with Gasteiger partial charge in [0.2, 0.25) is 0 Å². The van der Waals surface area contributed by atoms with Crippen molar-refractivity contribution >= 4 is 11.8 Å². The van der Waals surface area contributed by atoms with Crippen LogP contribution in [0.2, 0.25) is 0 Å². The number of rotatable bonds is 5. The van der Waals surface area contributed by atoms with Crippen molar-refractivity contribution in [3.63, 3.8) is 0 Å². The standard InChI is InChI=1S/C16H21FN2S/c1-2-10-19-16(12-18)9-3-4-15(11-16)20-14-7-5-13(17)6-8-14/h5-8,15,19H,2-4,9-11H2,1H3. The molecule has 1 aromatic carbocycles. The molecule has 20 heavy (non-hydrogen) atoms. The van der Waals surface area contributed by atoms with E-state index in [4.69, 9.17) is 0 Å². The maximum absolute atomic E-state index is 12.9. The molecule has 0 heterocycles. The molecule has 1 aliphatic carbocycles. The molecule has 0 aromatic heterocycles. The van der Waals surface area contributed by atoms with Gasteiger partial charge < -0.3 is 0 Å². The van der Waals surface area contributed by atoms with Crippen molar-refractivity contribution in [2.24, 2.45) is 0 Å². The first-order valence-electron chi connectivity index (χ1n) is 7.26. The van der Waals surface area contributed by atoms with Crippen LogP contribution in [-0.4, -0.2) is 17.3 Å². The van der Waals surface area contributed by atoms with E-state index in [1.54, 1.807) is 11.8 Å². The van der Waals surface area contributed by atoms with Crippen molar-refractivity contribution in [3.05, 3.63) is 30.1 Å². The van der Waals surface area contributed by atoms with E-state index in [9.17, 15) is 9.65 Å². The van der Waals surface area contributed by atoms with Gasteiger partial charge in [-0.05, 0) is 62.9 Å². The summed E-state index contributed by atoms with van der Waals surface area (Å²) in [6.45, 7) is 3.01. The molecule has 0 spiro atoms. The maximum Gasteiger partial charge on any atom is 0.123 e. The number of nitrogens with zero attached hydrogens (tertiary/aromatic N) is 1. The number of nitriles is 1. The predicted octanol–water partition coefficient (Wildman–Crippen LogP) is 4.12. The highest BCUT2D eigenvalue weighted by atomic mass is 32.2. The molecule has 0 aliphatic heterocycles. The Labute approximate surface area is 124 Å². The number of hydrogen-bond donors (Lipinski definition) is 1. The van der Waals surface area contributed by atoms with Gasteiger partial charge in [0.1, 0.15) is 11.4 Å². The summed E-state index contributed by atoms with van der Waals surface area (Å²) in [5.74, 6) is -0.200. The van der Waals surface area contributed by atoms with E-state index in [0.717, 1.165) is 43.5 Å². The van der Waals surface area contributed by atoms with Gasteiger partial charge in [0.25, 0.3) is 0 Å². The third kappa shape index (κ3) is 3.97. The molecule has 1 N–H and O–H groups in total. The molecule has 4 heteroatoms. The highest BCUT2D eigenvalue weighted by Crippen LogP contribution is 2.38. The SMILES string of the molecule is CCCNC1(C#N)CCCC(Sc2ccc(F)cc2)C1. The second kappa shape index (κ2) is 7.10. The topological polar surface area (TPSA) is 35.8 Å². The minimum absolute atomic E-state index is 0.200. The summed E-state index contributed by atoms with van der Waals surface area (Å²) in [7, 11) is 0. The molecule has 1 aliphatic rings. The van der Waals surface area contributed by atoms with Crippen LogP contribution >= 0.6 is 11.8 Å². The molecule has 2 rings (SSSR count). The zero-order chi connectivity index (χ0) is 14.4. The van der Waals surface area contributed by atoms with Crippen LogP contribution in [0.4, 0.5) is 4.39 Å². The zero-order valence-corrected chi connectivity index (χ0v) is 12.7. The molecule has 0 radical (unpaired) electrons. The molecule has 0 amide bonds. The Kier molecular flexibility index (Phi) is 5.45. The fourth-order valence-corrected chi connectivity index (χ4v) is 4.03. The van der Waals surface area contributed by atoms with E-state index in [-0.39, 0.29) is 11.4 Å². The Balaban J connectivity index is 1.99. The van der Waals surface area contributed by atoms with E-state index in [1.807, 2.05) is 12.1 Å². The van der Waals surface area contributed by atoms with Crippen molar-refractivity contribution < 1.29 is 4.39 Å². The van der Waals surface area contributed by atoms with Gasteiger partial charge in [-0.1, -0.05) is 6.92 Å². The molecule has 2 nitrogen and oxygen atoms in total. The van der Waals surface area contributed by atoms with Crippen molar-refractivity contribution in [1.82, 2.24) is 5.32 Å². The first-order valence-corrected chi connectivity index (χ1v) is 8.14. The number of benzene rings is 1. The number of nitrogens with one attached hydrogen (secondary N) is 1. The average Bonchev–Trinajstić information content (AvgIpc) is 2.48. The number of thioether (sulfide) groups is 1. The Morgan fingerprint density at radius 1 is 1.45 bits per heavy atom. The summed E-state index contributed by atoms with van der Waals surface area (Å²) in [6, 6.07) is 9.13. The van der Waals surface area contributed by atoms with Gasteiger partial charge in [-0.25, -0.2) is 4.39 Å². The molecular formula is C16H21FN2S. The minimum atomic E-state index is -0.369. The second-order valence-electron chi connectivity index (χ2n) is 5.41. The van der Waals surface area contributed by atoms with Gasteiger partial charge >= 0.3 is 0 Å². The Bertz CT molecular complexity index is 468. The number of halogens is 1. The lowest BCUT2D eigenvalue weighted by Crippen LogP contribution is -2.48. The molecule has 1 aromatic rings. The molecule has 1 saturated carbocycles. The minimum Gasteiger partial charge on any atom is -0.299 e. The lowest BCUT2D eigenvalue weighted by molar-refractivity contribution is 0.305. The van der Waals surface area contributed by atoms with E-state index in [1.165, 1.54) is 12.1 Å². The Morgan fingerprint density at radius 3 is 2.85 bits per heavy atom. The molecule has 0 saturated heterocycles. The monoisotopic (exact) mass is 292 g/mol. The highest BCUT2D eigenvalue weighted by Gasteiger charge is 2.36. The highest BCUT2D eigenvalue weighted by molar-refractivity contribution is 8.00. The summed E-state index contributed by atoms with van der Waals surface area (Å²) in [5.41, 5.74) is -0.369. The third-order valence-electron chi connectivity index (χ3n) is 3.75. The number of hydrogen-bond acceptors (Lipinski definition) is 3. The molecular weight excluding hydrogens is 271 g/mol. The fourth-order valence-electron chi connectivity index (χ4n) is 2.70. The van der Waals surface area contributed by atoms with E-state index in [2.05, 4.69) is 18.3 Å². The van der Waals surface area contributed by atoms with E-state index < -0.39 is 0 Å². The summed E-state index contributed by atoms with van der Waals surface area (Å²) in [5, 5.41) is 13.4.